The highest BCUT2D eigenvalue weighted by Gasteiger charge is 2.27. The number of hydrogen-bond donors (Lipinski definition) is 3. The molecule has 7 nitrogen and oxygen atoms in total. The Morgan fingerprint density at radius 1 is 1.09 bits per heavy atom. The lowest BCUT2D eigenvalue weighted by atomic mass is 9.97. The molecule has 0 bridgehead atoms. The number of carbonyl (C=O) groups excluding carboxylic acids is 2. The topological polar surface area (TPSA) is 106 Å². The molecule has 0 aliphatic heterocycles. The van der Waals surface area contributed by atoms with Gasteiger partial charge in [-0.2, -0.15) is 0 Å². The zero-order chi connectivity index (χ0) is 24.6. The second kappa shape index (κ2) is 11.8. The number of nitrogens with zero attached hydrogens (tertiary/aromatic N) is 1. The largest absolute Gasteiger partial charge is 0.456 e. The first kappa shape index (κ1) is 25.4. The Kier molecular flexibility index (Phi) is 8.79. The van der Waals surface area contributed by atoms with E-state index in [4.69, 9.17) is 10.5 Å². The molecule has 1 unspecified atom stereocenters. The number of anilines is 2. The van der Waals surface area contributed by atoms with Crippen LogP contribution in [0.2, 0.25) is 0 Å². The van der Waals surface area contributed by atoms with Crippen molar-refractivity contribution in [3.63, 3.8) is 0 Å². The van der Waals surface area contributed by atoms with Crippen molar-refractivity contribution in [3.8, 4) is 0 Å². The van der Waals surface area contributed by atoms with Gasteiger partial charge >= 0.3 is 5.97 Å². The standard InChI is InChI=1S/C26H32N4O3S/c1-26(2,3)24(32)33-22(19-7-5-4-6-8-19)16-28-14-13-18-9-11-20(12-10-18)29-23(31)15-21-17-34-25(27)30-21/h4-12,17,22,28H,13-16H2,1-3H3,(H2,27,30)(H,29,31). The molecular formula is C26H32N4O3S. The third-order valence-electron chi connectivity index (χ3n) is 5.10. The van der Waals surface area contributed by atoms with Gasteiger partial charge < -0.3 is 21.1 Å². The van der Waals surface area contributed by atoms with Crippen molar-refractivity contribution in [2.75, 3.05) is 24.1 Å². The number of benzene rings is 2. The van der Waals surface area contributed by atoms with Crippen molar-refractivity contribution < 1.29 is 14.3 Å². The number of nitrogen functional groups attached to an aromatic ring is 1. The first-order chi connectivity index (χ1) is 16.2. The molecule has 0 radical (unpaired) electrons. The highest BCUT2D eigenvalue weighted by molar-refractivity contribution is 7.13. The highest BCUT2D eigenvalue weighted by Crippen LogP contribution is 2.23. The van der Waals surface area contributed by atoms with Crippen LogP contribution in [0.1, 0.15) is 43.7 Å². The van der Waals surface area contributed by atoms with Crippen LogP contribution in [0, 0.1) is 5.41 Å². The Morgan fingerprint density at radius 2 is 1.79 bits per heavy atom. The fraction of sp³-hybridized carbons (Fsp3) is 0.346. The summed E-state index contributed by atoms with van der Waals surface area (Å²) in [4.78, 5) is 28.7. The molecule has 1 heterocycles. The molecule has 0 aliphatic rings. The summed E-state index contributed by atoms with van der Waals surface area (Å²) in [5, 5.41) is 8.53. The summed E-state index contributed by atoms with van der Waals surface area (Å²) in [5.74, 6) is -0.351. The van der Waals surface area contributed by atoms with E-state index in [-0.39, 0.29) is 24.4 Å². The number of aromatic nitrogens is 1. The monoisotopic (exact) mass is 480 g/mol. The van der Waals surface area contributed by atoms with E-state index >= 15 is 0 Å². The first-order valence-electron chi connectivity index (χ1n) is 11.3. The molecule has 0 saturated carbocycles. The van der Waals surface area contributed by atoms with Gasteiger partial charge in [0.05, 0.1) is 17.5 Å². The van der Waals surface area contributed by atoms with Crippen LogP contribution in [0.15, 0.2) is 60.0 Å². The lowest BCUT2D eigenvalue weighted by Gasteiger charge is -2.24. The van der Waals surface area contributed by atoms with Crippen molar-refractivity contribution in [1.82, 2.24) is 10.3 Å². The van der Waals surface area contributed by atoms with Crippen LogP contribution < -0.4 is 16.4 Å². The Labute approximate surface area is 204 Å². The summed E-state index contributed by atoms with van der Waals surface area (Å²) in [7, 11) is 0. The quantitative estimate of drug-likeness (QED) is 0.294. The van der Waals surface area contributed by atoms with Gasteiger partial charge in [-0.05, 0) is 57.0 Å². The molecule has 4 N–H and O–H groups in total. The second-order valence-electron chi connectivity index (χ2n) is 9.11. The molecule has 0 fully saturated rings. The van der Waals surface area contributed by atoms with Gasteiger partial charge in [0.15, 0.2) is 5.13 Å². The normalized spacial score (nSPS) is 12.2. The molecule has 3 rings (SSSR count). The number of rotatable bonds is 10. The van der Waals surface area contributed by atoms with Crippen LogP contribution >= 0.6 is 11.3 Å². The summed E-state index contributed by atoms with van der Waals surface area (Å²) in [6, 6.07) is 17.5. The minimum absolute atomic E-state index is 0.128. The van der Waals surface area contributed by atoms with Crippen LogP contribution in [0.25, 0.3) is 0 Å². The predicted molar refractivity (Wildman–Crippen MR) is 137 cm³/mol. The molecule has 1 amide bonds. The van der Waals surface area contributed by atoms with E-state index in [2.05, 4.69) is 15.6 Å². The lowest BCUT2D eigenvalue weighted by Crippen LogP contribution is -2.31. The summed E-state index contributed by atoms with van der Waals surface area (Å²) in [5.41, 5.74) is 8.56. The molecule has 0 aliphatic carbocycles. The van der Waals surface area contributed by atoms with E-state index in [0.717, 1.165) is 29.8 Å². The lowest BCUT2D eigenvalue weighted by molar-refractivity contribution is -0.158. The summed E-state index contributed by atoms with van der Waals surface area (Å²) in [6.07, 6.45) is 0.654. The predicted octanol–water partition coefficient (Wildman–Crippen LogP) is 4.37. The summed E-state index contributed by atoms with van der Waals surface area (Å²) < 4.78 is 5.80. The van der Waals surface area contributed by atoms with Crippen LogP contribution in [0.5, 0.6) is 0 Å². The molecular weight excluding hydrogens is 448 g/mol. The summed E-state index contributed by atoms with van der Waals surface area (Å²) >= 11 is 1.32. The van der Waals surface area contributed by atoms with E-state index in [1.54, 1.807) is 5.38 Å². The number of amides is 1. The van der Waals surface area contributed by atoms with E-state index in [1.807, 2.05) is 75.4 Å². The smallest absolute Gasteiger partial charge is 0.311 e. The van der Waals surface area contributed by atoms with Crippen LogP contribution in [-0.4, -0.2) is 29.9 Å². The van der Waals surface area contributed by atoms with Gasteiger partial charge in [-0.15, -0.1) is 11.3 Å². The molecule has 180 valence electrons. The molecule has 1 atom stereocenters. The third-order valence-corrected chi connectivity index (χ3v) is 5.82. The van der Waals surface area contributed by atoms with E-state index in [1.165, 1.54) is 11.3 Å². The number of nitrogens with one attached hydrogen (secondary N) is 2. The number of nitrogens with two attached hydrogens (primary N) is 1. The SMILES string of the molecule is CC(C)(C)C(=O)OC(CNCCc1ccc(NC(=O)Cc2csc(N)n2)cc1)c1ccccc1. The van der Waals surface area contributed by atoms with Crippen molar-refractivity contribution in [3.05, 3.63) is 76.8 Å². The maximum Gasteiger partial charge on any atom is 0.311 e. The van der Waals surface area contributed by atoms with Crippen molar-refractivity contribution in [1.29, 1.82) is 0 Å². The molecule has 8 heteroatoms. The average Bonchev–Trinajstić information content (AvgIpc) is 3.21. The van der Waals surface area contributed by atoms with Crippen LogP contribution in [0.3, 0.4) is 0 Å². The Balaban J connectivity index is 1.46. The fourth-order valence-electron chi connectivity index (χ4n) is 3.20. The number of hydrogen-bond acceptors (Lipinski definition) is 7. The summed E-state index contributed by atoms with van der Waals surface area (Å²) in [6.45, 7) is 6.82. The maximum atomic E-state index is 12.4. The minimum Gasteiger partial charge on any atom is -0.456 e. The van der Waals surface area contributed by atoms with Crippen LogP contribution in [0.4, 0.5) is 10.8 Å². The zero-order valence-corrected chi connectivity index (χ0v) is 20.7. The van der Waals surface area contributed by atoms with Crippen molar-refractivity contribution in [2.45, 2.75) is 39.7 Å². The van der Waals surface area contributed by atoms with Gasteiger partial charge in [-0.1, -0.05) is 42.5 Å². The fourth-order valence-corrected chi connectivity index (χ4v) is 3.76. The molecule has 0 saturated heterocycles. The van der Waals surface area contributed by atoms with E-state index in [9.17, 15) is 9.59 Å². The molecule has 1 aromatic heterocycles. The number of esters is 1. The van der Waals surface area contributed by atoms with Crippen molar-refractivity contribution in [2.24, 2.45) is 5.41 Å². The maximum absolute atomic E-state index is 12.4. The minimum atomic E-state index is -0.558. The van der Waals surface area contributed by atoms with Gasteiger partial charge in [0.1, 0.15) is 6.10 Å². The van der Waals surface area contributed by atoms with Crippen molar-refractivity contribution >= 4 is 34.0 Å². The van der Waals surface area contributed by atoms with Gasteiger partial charge in [-0.25, -0.2) is 4.98 Å². The number of carbonyl (C=O) groups is 2. The van der Waals surface area contributed by atoms with Gasteiger partial charge in [-0.3, -0.25) is 9.59 Å². The zero-order valence-electron chi connectivity index (χ0n) is 19.8. The average molecular weight is 481 g/mol. The number of thiazole rings is 1. The van der Waals surface area contributed by atoms with E-state index in [0.29, 0.717) is 17.4 Å². The first-order valence-corrected chi connectivity index (χ1v) is 12.1. The van der Waals surface area contributed by atoms with Gasteiger partial charge in [0, 0.05) is 17.6 Å². The van der Waals surface area contributed by atoms with Gasteiger partial charge in [0.2, 0.25) is 5.91 Å². The molecule has 0 spiro atoms. The van der Waals surface area contributed by atoms with E-state index < -0.39 is 5.41 Å². The Bertz CT molecular complexity index is 1080. The molecule has 3 aromatic rings. The third kappa shape index (κ3) is 7.97. The number of ether oxygens (including phenoxy) is 1. The molecule has 2 aromatic carbocycles. The Hall–Kier alpha value is -3.23. The second-order valence-corrected chi connectivity index (χ2v) is 10.00. The van der Waals surface area contributed by atoms with Crippen LogP contribution in [-0.2, 0) is 27.2 Å². The van der Waals surface area contributed by atoms with Gasteiger partial charge in [0.25, 0.3) is 0 Å². The highest BCUT2D eigenvalue weighted by atomic mass is 32.1. The molecule has 34 heavy (non-hydrogen) atoms. The Morgan fingerprint density at radius 3 is 2.41 bits per heavy atom.